The smallest absolute Gasteiger partial charge is 0.460 e. The van der Waals surface area contributed by atoms with Gasteiger partial charge in [-0.25, -0.2) is 9.59 Å². The van der Waals surface area contributed by atoms with Crippen LogP contribution in [0.5, 0.6) is 0 Å². The predicted molar refractivity (Wildman–Crippen MR) is 32.7 cm³/mol. The molecule has 0 amide bonds. The highest BCUT2D eigenvalue weighted by Crippen LogP contribution is 1.81. The zero-order chi connectivity index (χ0) is 8.85. The first-order valence-electron chi connectivity index (χ1n) is 2.56. The topological polar surface area (TPSA) is 89.0 Å². The van der Waals surface area contributed by atoms with Crippen molar-refractivity contribution in [2.45, 2.75) is 0 Å². The molecule has 11 heavy (non-hydrogen) atoms. The molecule has 0 unspecified atom stereocenters. The summed E-state index contributed by atoms with van der Waals surface area (Å²) in [6.45, 7) is 0. The van der Waals surface area contributed by atoms with E-state index in [-0.39, 0.29) is 0 Å². The van der Waals surface area contributed by atoms with Crippen molar-refractivity contribution in [3.05, 3.63) is 5.53 Å². The molecule has 60 valence electrons. The van der Waals surface area contributed by atoms with E-state index in [9.17, 15) is 9.59 Å². The lowest BCUT2D eigenvalue weighted by atomic mass is 10.4. The quantitative estimate of drug-likeness (QED) is 0.169. The van der Waals surface area contributed by atoms with Gasteiger partial charge < -0.3 is 15.0 Å². The van der Waals surface area contributed by atoms with Crippen molar-refractivity contribution in [1.29, 1.82) is 0 Å². The maximum Gasteiger partial charge on any atom is 0.482 e. The average Bonchev–Trinajstić information content (AvgIpc) is 2.05. The minimum Gasteiger partial charge on any atom is -0.460 e. The Bertz CT molecular complexity index is 211. The van der Waals surface area contributed by atoms with Crippen molar-refractivity contribution in [2.24, 2.45) is 0 Å². The second-order valence-corrected chi connectivity index (χ2v) is 1.43. The van der Waals surface area contributed by atoms with Gasteiger partial charge in [-0.15, -0.1) is 0 Å². The molecule has 0 aromatic carbocycles. The summed E-state index contributed by atoms with van der Waals surface area (Å²) in [6, 6.07) is 0. The van der Waals surface area contributed by atoms with E-state index in [1.54, 1.807) is 0 Å². The minimum atomic E-state index is -1.04. The second kappa shape index (κ2) is 4.19. The summed E-state index contributed by atoms with van der Waals surface area (Å²) < 4.78 is 8.19. The van der Waals surface area contributed by atoms with Crippen molar-refractivity contribution < 1.29 is 23.9 Å². The third-order valence-electron chi connectivity index (χ3n) is 0.857. The Morgan fingerprint density at radius 1 is 1.18 bits per heavy atom. The lowest BCUT2D eigenvalue weighted by molar-refractivity contribution is -0.146. The van der Waals surface area contributed by atoms with Crippen LogP contribution in [-0.2, 0) is 19.1 Å². The molecule has 0 bridgehead atoms. The van der Waals surface area contributed by atoms with E-state index in [0.29, 0.717) is 0 Å². The normalized spacial score (nSPS) is 7.82. The number of hydrogen-bond acceptors (Lipinski definition) is 4. The SMILES string of the molecule is COC(=O)C(=[N+]=[N-])C(=O)OC. The van der Waals surface area contributed by atoms with Gasteiger partial charge in [0.15, 0.2) is 0 Å². The fraction of sp³-hybridized carbons (Fsp3) is 0.400. The number of esters is 2. The Balaban J connectivity index is 4.57. The number of nitrogens with zero attached hydrogens (tertiary/aromatic N) is 2. The summed E-state index contributed by atoms with van der Waals surface area (Å²) in [5.41, 5.74) is 7.33. The summed E-state index contributed by atoms with van der Waals surface area (Å²) in [7, 11) is 2.10. The standard InChI is InChI=1S/C5H6N2O4/c1-10-4(8)3(7-6)5(9)11-2/h1-2H3. The molecule has 0 saturated heterocycles. The number of rotatable bonds is 2. The summed E-state index contributed by atoms with van der Waals surface area (Å²) in [5.74, 6) is -2.08. The number of carbonyl (C=O) groups excluding carboxylic acids is 2. The summed E-state index contributed by atoms with van der Waals surface area (Å²) in [5, 5.41) is 0. The first kappa shape index (κ1) is 9.32. The molecule has 0 aliphatic heterocycles. The lowest BCUT2D eigenvalue weighted by Crippen LogP contribution is -2.27. The van der Waals surface area contributed by atoms with Gasteiger partial charge in [-0.3, -0.25) is 0 Å². The Labute approximate surface area is 62.3 Å². The molecular weight excluding hydrogens is 152 g/mol. The highest BCUT2D eigenvalue weighted by atomic mass is 16.5. The van der Waals surface area contributed by atoms with E-state index in [1.807, 2.05) is 0 Å². The zero-order valence-electron chi connectivity index (χ0n) is 6.03. The minimum absolute atomic E-state index is 0.782. The van der Waals surface area contributed by atoms with E-state index in [0.717, 1.165) is 14.2 Å². The second-order valence-electron chi connectivity index (χ2n) is 1.43. The summed E-state index contributed by atoms with van der Waals surface area (Å²) in [4.78, 5) is 23.5. The monoisotopic (exact) mass is 158 g/mol. The van der Waals surface area contributed by atoms with Crippen molar-refractivity contribution in [1.82, 2.24) is 0 Å². The van der Waals surface area contributed by atoms with Crippen LogP contribution in [0.15, 0.2) is 0 Å². The molecule has 0 aromatic rings. The van der Waals surface area contributed by atoms with Crippen molar-refractivity contribution in [3.8, 4) is 0 Å². The highest BCUT2D eigenvalue weighted by Gasteiger charge is 2.31. The number of carbonyl (C=O) groups is 2. The lowest BCUT2D eigenvalue weighted by Gasteiger charge is -1.91. The third-order valence-corrected chi connectivity index (χ3v) is 0.857. The van der Waals surface area contributed by atoms with Gasteiger partial charge >= 0.3 is 17.7 Å². The fourth-order valence-electron chi connectivity index (χ4n) is 0.358. The molecule has 0 atom stereocenters. The highest BCUT2D eigenvalue weighted by molar-refractivity contribution is 6.60. The van der Waals surface area contributed by atoms with Crippen LogP contribution >= 0.6 is 0 Å². The molecule has 0 aromatic heterocycles. The van der Waals surface area contributed by atoms with Gasteiger partial charge in [-0.05, 0) is 0 Å². The number of ether oxygens (including phenoxy) is 2. The first-order valence-corrected chi connectivity index (χ1v) is 2.56. The number of methoxy groups -OCH3 is 2. The third kappa shape index (κ3) is 2.19. The molecule has 0 aliphatic carbocycles. The number of hydrogen-bond donors (Lipinski definition) is 0. The molecule has 0 fully saturated rings. The van der Waals surface area contributed by atoms with Gasteiger partial charge in [-0.2, -0.15) is 4.79 Å². The van der Waals surface area contributed by atoms with Crippen LogP contribution in [0.1, 0.15) is 0 Å². The Morgan fingerprint density at radius 2 is 1.55 bits per heavy atom. The van der Waals surface area contributed by atoms with E-state index in [1.165, 1.54) is 0 Å². The molecule has 0 saturated carbocycles. The van der Waals surface area contributed by atoms with Crippen LogP contribution in [0.2, 0.25) is 0 Å². The molecule has 6 heteroatoms. The zero-order valence-corrected chi connectivity index (χ0v) is 6.03. The van der Waals surface area contributed by atoms with Crippen molar-refractivity contribution in [3.63, 3.8) is 0 Å². The van der Waals surface area contributed by atoms with E-state index >= 15 is 0 Å². The molecular formula is C5H6N2O4. The van der Waals surface area contributed by atoms with Crippen LogP contribution in [0, 0.1) is 0 Å². The Kier molecular flexibility index (Phi) is 3.55. The molecule has 0 N–H and O–H groups in total. The van der Waals surface area contributed by atoms with Crippen LogP contribution in [0.25, 0.3) is 5.53 Å². The predicted octanol–water partition coefficient (Wildman–Crippen LogP) is -0.997. The van der Waals surface area contributed by atoms with Gasteiger partial charge in [0.1, 0.15) is 0 Å². The fourth-order valence-corrected chi connectivity index (χ4v) is 0.358. The maximum atomic E-state index is 10.5. The molecule has 0 rings (SSSR count). The van der Waals surface area contributed by atoms with Gasteiger partial charge in [-0.1, -0.05) is 0 Å². The Hall–Kier alpha value is -1.68. The first-order chi connectivity index (χ1) is 5.17. The summed E-state index contributed by atoms with van der Waals surface area (Å²) >= 11 is 0. The largest absolute Gasteiger partial charge is 0.482 e. The molecule has 0 heterocycles. The maximum absolute atomic E-state index is 10.5. The average molecular weight is 158 g/mol. The van der Waals surface area contributed by atoms with Crippen molar-refractivity contribution in [2.75, 3.05) is 14.2 Å². The van der Waals surface area contributed by atoms with Crippen molar-refractivity contribution >= 4 is 17.7 Å². The van der Waals surface area contributed by atoms with E-state index in [4.69, 9.17) is 5.53 Å². The van der Waals surface area contributed by atoms with Crippen LogP contribution in [-0.4, -0.2) is 36.7 Å². The van der Waals surface area contributed by atoms with Crippen LogP contribution in [0.4, 0.5) is 0 Å². The summed E-state index contributed by atoms with van der Waals surface area (Å²) in [6.07, 6.45) is 0. The molecule has 0 spiro atoms. The van der Waals surface area contributed by atoms with Gasteiger partial charge in [0, 0.05) is 0 Å². The van der Waals surface area contributed by atoms with Crippen LogP contribution < -0.4 is 0 Å². The molecule has 0 aliphatic rings. The Morgan fingerprint density at radius 3 is 1.73 bits per heavy atom. The van der Waals surface area contributed by atoms with Gasteiger partial charge in [0.25, 0.3) is 0 Å². The van der Waals surface area contributed by atoms with Crippen LogP contribution in [0.3, 0.4) is 0 Å². The van der Waals surface area contributed by atoms with Gasteiger partial charge in [0.05, 0.1) is 14.2 Å². The van der Waals surface area contributed by atoms with E-state index < -0.39 is 17.7 Å². The van der Waals surface area contributed by atoms with E-state index in [2.05, 4.69) is 14.3 Å². The van der Waals surface area contributed by atoms with Gasteiger partial charge in [0.2, 0.25) is 0 Å². The molecule has 6 nitrogen and oxygen atoms in total. The molecule has 0 radical (unpaired) electrons.